The molecule has 2 atom stereocenters. The van der Waals surface area contributed by atoms with Gasteiger partial charge >= 0.3 is 0 Å². The highest BCUT2D eigenvalue weighted by Gasteiger charge is 2.36. The topological polar surface area (TPSA) is 63.4 Å². The number of primary amides is 1. The summed E-state index contributed by atoms with van der Waals surface area (Å²) >= 11 is 3.44. The minimum absolute atomic E-state index is 0.0830. The third-order valence-electron chi connectivity index (χ3n) is 4.26. The molecule has 5 heteroatoms. The van der Waals surface area contributed by atoms with Crippen molar-refractivity contribution in [2.45, 2.75) is 25.3 Å². The van der Waals surface area contributed by atoms with Gasteiger partial charge < -0.3 is 10.6 Å². The van der Waals surface area contributed by atoms with Gasteiger partial charge in [0.2, 0.25) is 5.91 Å². The van der Waals surface area contributed by atoms with E-state index < -0.39 is 0 Å². The largest absolute Gasteiger partial charge is 0.369 e. The Balaban J connectivity index is 2.09. The first-order valence-corrected chi connectivity index (χ1v) is 8.26. The highest BCUT2D eigenvalue weighted by atomic mass is 79.9. The van der Waals surface area contributed by atoms with Crippen molar-refractivity contribution in [2.75, 3.05) is 4.90 Å². The Morgan fingerprint density at radius 1 is 1.13 bits per heavy atom. The second-order valence-corrected chi connectivity index (χ2v) is 6.61. The third-order valence-corrected chi connectivity index (χ3v) is 4.95. The third kappa shape index (κ3) is 2.77. The van der Waals surface area contributed by atoms with Crippen molar-refractivity contribution in [3.05, 3.63) is 64.1 Å². The zero-order valence-electron chi connectivity index (χ0n) is 12.7. The first-order chi connectivity index (χ1) is 11.0. The molecular formula is C18H17BrN2O2. The van der Waals surface area contributed by atoms with E-state index in [1.807, 2.05) is 49.4 Å². The highest BCUT2D eigenvalue weighted by molar-refractivity contribution is 9.10. The van der Waals surface area contributed by atoms with Crippen LogP contribution in [-0.4, -0.2) is 17.9 Å². The van der Waals surface area contributed by atoms with Gasteiger partial charge in [-0.15, -0.1) is 0 Å². The van der Waals surface area contributed by atoms with E-state index >= 15 is 0 Å². The molecule has 0 saturated carbocycles. The van der Waals surface area contributed by atoms with E-state index in [1.54, 1.807) is 11.0 Å². The summed E-state index contributed by atoms with van der Waals surface area (Å²) in [7, 11) is 0. The molecule has 0 unspecified atom stereocenters. The number of rotatable bonds is 2. The monoisotopic (exact) mass is 372 g/mol. The van der Waals surface area contributed by atoms with Crippen molar-refractivity contribution < 1.29 is 9.59 Å². The van der Waals surface area contributed by atoms with Crippen molar-refractivity contribution in [1.82, 2.24) is 0 Å². The second-order valence-electron chi connectivity index (χ2n) is 5.75. The molecule has 0 bridgehead atoms. The molecule has 2 aromatic rings. The van der Waals surface area contributed by atoms with E-state index in [1.165, 1.54) is 0 Å². The van der Waals surface area contributed by atoms with Crippen LogP contribution in [0.25, 0.3) is 0 Å². The number of benzene rings is 2. The van der Waals surface area contributed by atoms with Gasteiger partial charge in [0.15, 0.2) is 0 Å². The Kier molecular flexibility index (Phi) is 4.22. The fraction of sp³-hybridized carbons (Fsp3) is 0.222. The fourth-order valence-electron chi connectivity index (χ4n) is 3.16. The van der Waals surface area contributed by atoms with Gasteiger partial charge in [0.1, 0.15) is 0 Å². The molecule has 0 saturated heterocycles. The number of nitrogens with zero attached hydrogens (tertiary/aromatic N) is 1. The van der Waals surface area contributed by atoms with Crippen LogP contribution in [0.1, 0.15) is 35.2 Å². The van der Waals surface area contributed by atoms with Gasteiger partial charge in [-0.2, -0.15) is 0 Å². The van der Waals surface area contributed by atoms with Gasteiger partial charge in [0.25, 0.3) is 5.91 Å². The lowest BCUT2D eigenvalue weighted by Gasteiger charge is -2.38. The lowest BCUT2D eigenvalue weighted by atomic mass is 9.85. The van der Waals surface area contributed by atoms with Crippen LogP contribution in [0.3, 0.4) is 0 Å². The van der Waals surface area contributed by atoms with E-state index in [-0.39, 0.29) is 23.8 Å². The number of hydrogen-bond acceptors (Lipinski definition) is 2. The maximum absolute atomic E-state index is 13.0. The first kappa shape index (κ1) is 15.7. The standard InChI is InChI=1S/C18H17BrN2O2/c1-11-10-14(17(20)22)12-6-3-5-9-16(12)21(11)18(23)13-7-2-4-8-15(13)19/h2-9,11,14H,10H2,1H3,(H2,20,22)/t11-,14-/m1/s1. The van der Waals surface area contributed by atoms with Gasteiger partial charge in [-0.1, -0.05) is 30.3 Å². The first-order valence-electron chi connectivity index (χ1n) is 7.47. The predicted octanol–water partition coefficient (Wildman–Crippen LogP) is 3.46. The summed E-state index contributed by atoms with van der Waals surface area (Å²) in [5, 5.41) is 0. The van der Waals surface area contributed by atoms with Crippen LogP contribution in [0.2, 0.25) is 0 Å². The van der Waals surface area contributed by atoms with Crippen molar-refractivity contribution in [1.29, 1.82) is 0 Å². The number of fused-ring (bicyclic) bond motifs is 1. The smallest absolute Gasteiger partial charge is 0.259 e. The van der Waals surface area contributed by atoms with Crippen LogP contribution in [0.4, 0.5) is 5.69 Å². The lowest BCUT2D eigenvalue weighted by Crippen LogP contribution is -2.45. The van der Waals surface area contributed by atoms with E-state index in [0.29, 0.717) is 12.0 Å². The zero-order chi connectivity index (χ0) is 16.6. The summed E-state index contributed by atoms with van der Waals surface area (Å²) in [6, 6.07) is 14.7. The van der Waals surface area contributed by atoms with Gasteiger partial charge in [0, 0.05) is 16.2 Å². The van der Waals surface area contributed by atoms with Gasteiger partial charge in [-0.25, -0.2) is 0 Å². The lowest BCUT2D eigenvalue weighted by molar-refractivity contribution is -0.119. The maximum Gasteiger partial charge on any atom is 0.259 e. The molecule has 0 aromatic heterocycles. The average molecular weight is 373 g/mol. The molecule has 1 aliphatic heterocycles. The molecule has 0 radical (unpaired) electrons. The molecule has 2 N–H and O–H groups in total. The van der Waals surface area contributed by atoms with Crippen molar-refractivity contribution >= 4 is 33.4 Å². The Morgan fingerprint density at radius 3 is 2.48 bits per heavy atom. The summed E-state index contributed by atoms with van der Waals surface area (Å²) < 4.78 is 0.756. The number of hydrogen-bond donors (Lipinski definition) is 1. The number of nitrogens with two attached hydrogens (primary N) is 1. The number of halogens is 1. The Bertz CT molecular complexity index is 775. The van der Waals surface area contributed by atoms with Crippen LogP contribution in [0.5, 0.6) is 0 Å². The minimum Gasteiger partial charge on any atom is -0.369 e. The normalized spacial score (nSPS) is 20.0. The number of carbonyl (C=O) groups is 2. The van der Waals surface area contributed by atoms with Gasteiger partial charge in [-0.3, -0.25) is 9.59 Å². The second kappa shape index (κ2) is 6.16. The van der Waals surface area contributed by atoms with Crippen LogP contribution < -0.4 is 10.6 Å². The van der Waals surface area contributed by atoms with E-state index in [0.717, 1.165) is 15.7 Å². The molecular weight excluding hydrogens is 356 g/mol. The summed E-state index contributed by atoms with van der Waals surface area (Å²) in [6.45, 7) is 1.95. The van der Waals surface area contributed by atoms with Gasteiger partial charge in [0.05, 0.1) is 11.5 Å². The molecule has 0 aliphatic carbocycles. The van der Waals surface area contributed by atoms with E-state index in [2.05, 4.69) is 15.9 Å². The van der Waals surface area contributed by atoms with Crippen LogP contribution in [0.15, 0.2) is 53.0 Å². The molecule has 0 spiro atoms. The van der Waals surface area contributed by atoms with Crippen molar-refractivity contribution in [3.8, 4) is 0 Å². The highest BCUT2D eigenvalue weighted by Crippen LogP contribution is 2.39. The SMILES string of the molecule is C[C@@H]1C[C@@H](C(N)=O)c2ccccc2N1C(=O)c1ccccc1Br. The molecule has 3 rings (SSSR count). The zero-order valence-corrected chi connectivity index (χ0v) is 14.3. The predicted molar refractivity (Wildman–Crippen MR) is 93.4 cm³/mol. The number of amides is 2. The molecule has 1 heterocycles. The maximum atomic E-state index is 13.0. The average Bonchev–Trinajstić information content (AvgIpc) is 2.54. The van der Waals surface area contributed by atoms with Crippen LogP contribution in [-0.2, 0) is 4.79 Å². The molecule has 2 aromatic carbocycles. The number of para-hydroxylation sites is 1. The molecule has 118 valence electrons. The number of anilines is 1. The van der Waals surface area contributed by atoms with Crippen LogP contribution >= 0.6 is 15.9 Å². The van der Waals surface area contributed by atoms with E-state index in [9.17, 15) is 9.59 Å². The van der Waals surface area contributed by atoms with Gasteiger partial charge in [-0.05, 0) is 53.0 Å². The summed E-state index contributed by atoms with van der Waals surface area (Å²) in [5.41, 5.74) is 7.73. The van der Waals surface area contributed by atoms with Crippen LogP contribution in [0, 0.1) is 0 Å². The Labute approximate surface area is 143 Å². The molecule has 1 aliphatic rings. The molecule has 2 amide bonds. The summed E-state index contributed by atoms with van der Waals surface area (Å²) in [6.07, 6.45) is 0.530. The van der Waals surface area contributed by atoms with Crippen molar-refractivity contribution in [3.63, 3.8) is 0 Å². The quantitative estimate of drug-likeness (QED) is 0.876. The molecule has 4 nitrogen and oxygen atoms in total. The minimum atomic E-state index is -0.357. The van der Waals surface area contributed by atoms with Crippen molar-refractivity contribution in [2.24, 2.45) is 5.73 Å². The molecule has 0 fully saturated rings. The number of carbonyl (C=O) groups excluding carboxylic acids is 2. The summed E-state index contributed by atoms with van der Waals surface area (Å²) in [5.74, 6) is -0.790. The van der Waals surface area contributed by atoms with E-state index in [4.69, 9.17) is 5.73 Å². The fourth-order valence-corrected chi connectivity index (χ4v) is 3.61. The Hall–Kier alpha value is -2.14. The Morgan fingerprint density at radius 2 is 1.78 bits per heavy atom. The summed E-state index contributed by atoms with van der Waals surface area (Å²) in [4.78, 5) is 26.6. The molecule has 23 heavy (non-hydrogen) atoms.